The molecule has 0 bridgehead atoms. The molecule has 0 saturated carbocycles. The van der Waals surface area contributed by atoms with Gasteiger partial charge in [-0.3, -0.25) is 9.08 Å². The molecule has 3 fully saturated rings. The molecule has 3 saturated heterocycles. The van der Waals surface area contributed by atoms with Gasteiger partial charge in [-0.15, -0.1) is 0 Å². The summed E-state index contributed by atoms with van der Waals surface area (Å²) in [6.45, 7) is 2.63. The molecule has 0 radical (unpaired) electrons. The summed E-state index contributed by atoms with van der Waals surface area (Å²) in [6.07, 6.45) is -0.592. The van der Waals surface area contributed by atoms with Crippen LogP contribution in [0.25, 0.3) is 0 Å². The fourth-order valence-corrected chi connectivity index (χ4v) is 4.50. The zero-order valence-corrected chi connectivity index (χ0v) is 15.9. The van der Waals surface area contributed by atoms with Gasteiger partial charge in [-0.2, -0.15) is 8.42 Å². The minimum atomic E-state index is -3.68. The second kappa shape index (κ2) is 5.94. The maximum atomic E-state index is 14.8. The van der Waals surface area contributed by atoms with Crippen LogP contribution in [0.5, 0.6) is 5.75 Å². The molecule has 0 aliphatic carbocycles. The SMILES string of the molecule is CS(=O)(=O)OC[C@@H]1OC(=O)N2c3cc(F)c(N4CC5(COC5)C4)cc3OC[C@@H]12. The molecule has 9 nitrogen and oxygen atoms in total. The van der Waals surface area contributed by atoms with Crippen LogP contribution in [0.4, 0.5) is 20.6 Å². The lowest BCUT2D eigenvalue weighted by Gasteiger charge is -2.56. The number of ether oxygens (including phenoxy) is 3. The first-order valence-corrected chi connectivity index (χ1v) is 10.7. The van der Waals surface area contributed by atoms with Crippen LogP contribution >= 0.6 is 0 Å². The Kier molecular flexibility index (Phi) is 3.81. The topological polar surface area (TPSA) is 94.6 Å². The van der Waals surface area contributed by atoms with Crippen molar-refractivity contribution in [2.75, 3.05) is 55.6 Å². The van der Waals surface area contributed by atoms with Crippen molar-refractivity contribution in [3.63, 3.8) is 0 Å². The third-order valence-corrected chi connectivity index (χ3v) is 6.13. The quantitative estimate of drug-likeness (QED) is 0.666. The Labute approximate surface area is 161 Å². The Hall–Kier alpha value is -2.11. The molecule has 0 unspecified atom stereocenters. The summed E-state index contributed by atoms with van der Waals surface area (Å²) in [6, 6.07) is 2.27. The van der Waals surface area contributed by atoms with Gasteiger partial charge in [0.15, 0.2) is 6.10 Å². The Balaban J connectivity index is 1.37. The summed E-state index contributed by atoms with van der Waals surface area (Å²) in [7, 11) is -3.68. The van der Waals surface area contributed by atoms with Crippen molar-refractivity contribution in [1.82, 2.24) is 0 Å². The Morgan fingerprint density at radius 2 is 2.04 bits per heavy atom. The number of cyclic esters (lactones) is 1. The summed E-state index contributed by atoms with van der Waals surface area (Å²) >= 11 is 0. The Morgan fingerprint density at radius 3 is 2.68 bits per heavy atom. The first-order valence-electron chi connectivity index (χ1n) is 8.88. The van der Waals surface area contributed by atoms with Crippen LogP contribution in [-0.4, -0.2) is 72.4 Å². The summed E-state index contributed by atoms with van der Waals surface area (Å²) in [5.74, 6) is -0.0678. The van der Waals surface area contributed by atoms with E-state index in [2.05, 4.69) is 0 Å². The minimum Gasteiger partial charge on any atom is -0.489 e. The summed E-state index contributed by atoms with van der Waals surface area (Å²) < 4.78 is 58.2. The third kappa shape index (κ3) is 2.80. The smallest absolute Gasteiger partial charge is 0.415 e. The highest BCUT2D eigenvalue weighted by atomic mass is 32.2. The van der Waals surface area contributed by atoms with Gasteiger partial charge in [0.1, 0.15) is 30.8 Å². The molecule has 0 aromatic heterocycles. The molecule has 2 atom stereocenters. The molecule has 28 heavy (non-hydrogen) atoms. The van der Waals surface area contributed by atoms with Crippen LogP contribution in [0, 0.1) is 11.2 Å². The highest BCUT2D eigenvalue weighted by Gasteiger charge is 2.51. The van der Waals surface area contributed by atoms with Crippen molar-refractivity contribution in [3.8, 4) is 5.75 Å². The van der Waals surface area contributed by atoms with Crippen molar-refractivity contribution in [2.45, 2.75) is 12.1 Å². The number of amides is 1. The zero-order valence-electron chi connectivity index (χ0n) is 15.1. The molecule has 1 spiro atoms. The largest absolute Gasteiger partial charge is 0.489 e. The van der Waals surface area contributed by atoms with E-state index in [1.54, 1.807) is 6.07 Å². The van der Waals surface area contributed by atoms with Gasteiger partial charge in [0.05, 0.1) is 36.3 Å². The van der Waals surface area contributed by atoms with Gasteiger partial charge < -0.3 is 19.1 Å². The number of halogens is 1. The summed E-state index contributed by atoms with van der Waals surface area (Å²) in [5, 5.41) is 0. The molecule has 4 aliphatic heterocycles. The van der Waals surface area contributed by atoms with Crippen molar-refractivity contribution < 1.29 is 36.0 Å². The van der Waals surface area contributed by atoms with Crippen molar-refractivity contribution in [2.24, 2.45) is 5.41 Å². The first-order chi connectivity index (χ1) is 13.2. The number of hydrogen-bond donors (Lipinski definition) is 0. The van der Waals surface area contributed by atoms with Gasteiger partial charge in [0.2, 0.25) is 0 Å². The predicted molar refractivity (Wildman–Crippen MR) is 94.7 cm³/mol. The van der Waals surface area contributed by atoms with Gasteiger partial charge in [0.25, 0.3) is 10.1 Å². The minimum absolute atomic E-state index is 0.0966. The fraction of sp³-hybridized carbons (Fsp3) is 0.588. The molecular weight excluding hydrogens is 395 g/mol. The van der Waals surface area contributed by atoms with Gasteiger partial charge in [-0.1, -0.05) is 0 Å². The standard InChI is InChI=1S/C17H19FN2O7S/c1-28(22,23)26-5-15-13-4-25-14-3-11(19-6-17(7-19)8-24-9-17)10(18)2-12(14)20(13)16(21)27-15/h2-3,13,15H,4-9H2,1H3/t13-,15-/m0/s1. The van der Waals surface area contributed by atoms with E-state index in [1.165, 1.54) is 11.0 Å². The van der Waals surface area contributed by atoms with Crippen LogP contribution in [0.3, 0.4) is 0 Å². The lowest BCUT2D eigenvalue weighted by molar-refractivity contribution is -0.127. The van der Waals surface area contributed by atoms with Gasteiger partial charge in [-0.25, -0.2) is 9.18 Å². The van der Waals surface area contributed by atoms with E-state index < -0.39 is 34.2 Å². The van der Waals surface area contributed by atoms with E-state index >= 15 is 0 Å². The van der Waals surface area contributed by atoms with Crippen LogP contribution in [0.15, 0.2) is 12.1 Å². The monoisotopic (exact) mass is 414 g/mol. The molecule has 1 aromatic carbocycles. The number of hydrogen-bond acceptors (Lipinski definition) is 8. The van der Waals surface area contributed by atoms with Crippen LogP contribution < -0.4 is 14.5 Å². The van der Waals surface area contributed by atoms with Crippen LogP contribution in [0.1, 0.15) is 0 Å². The normalized spacial score (nSPS) is 27.4. The number of fused-ring (bicyclic) bond motifs is 3. The fourth-order valence-electron chi connectivity index (χ4n) is 4.12. The predicted octanol–water partition coefficient (Wildman–Crippen LogP) is 0.725. The summed E-state index contributed by atoms with van der Waals surface area (Å²) in [5.41, 5.74) is 0.839. The first kappa shape index (κ1) is 18.0. The summed E-state index contributed by atoms with van der Waals surface area (Å²) in [4.78, 5) is 15.6. The molecule has 0 N–H and O–H groups in total. The van der Waals surface area contributed by atoms with Gasteiger partial charge in [-0.05, 0) is 0 Å². The maximum absolute atomic E-state index is 14.8. The van der Waals surface area contributed by atoms with Crippen molar-refractivity contribution >= 4 is 27.6 Å². The highest BCUT2D eigenvalue weighted by molar-refractivity contribution is 7.85. The second-order valence-corrected chi connectivity index (χ2v) is 9.42. The molecule has 11 heteroatoms. The van der Waals surface area contributed by atoms with E-state index in [-0.39, 0.29) is 24.3 Å². The van der Waals surface area contributed by atoms with E-state index in [4.69, 9.17) is 18.4 Å². The molecular formula is C17H19FN2O7S. The molecule has 1 aromatic rings. The number of rotatable bonds is 4. The average molecular weight is 414 g/mol. The number of anilines is 2. The lowest BCUT2D eigenvalue weighted by Crippen LogP contribution is -2.66. The Bertz CT molecular complexity index is 941. The van der Waals surface area contributed by atoms with Gasteiger partial charge >= 0.3 is 6.09 Å². The zero-order chi connectivity index (χ0) is 19.7. The third-order valence-electron chi connectivity index (χ3n) is 5.56. The highest BCUT2D eigenvalue weighted by Crippen LogP contribution is 2.46. The average Bonchev–Trinajstić information content (AvgIpc) is 2.87. The number of carbonyl (C=O) groups excluding carboxylic acids is 1. The number of carbonyl (C=O) groups is 1. The molecule has 152 valence electrons. The maximum Gasteiger partial charge on any atom is 0.415 e. The van der Waals surface area contributed by atoms with Crippen LogP contribution in [-0.2, 0) is 23.8 Å². The lowest BCUT2D eigenvalue weighted by atomic mass is 9.77. The molecule has 1 amide bonds. The molecule has 5 rings (SSSR count). The molecule has 4 aliphatic rings. The van der Waals surface area contributed by atoms with Crippen LogP contribution in [0.2, 0.25) is 0 Å². The van der Waals surface area contributed by atoms with E-state index in [1.807, 2.05) is 4.90 Å². The van der Waals surface area contributed by atoms with Crippen molar-refractivity contribution in [1.29, 1.82) is 0 Å². The van der Waals surface area contributed by atoms with E-state index in [0.717, 1.165) is 19.3 Å². The second-order valence-electron chi connectivity index (χ2n) is 7.78. The van der Waals surface area contributed by atoms with E-state index in [9.17, 15) is 17.6 Å². The number of nitrogens with zero attached hydrogens (tertiary/aromatic N) is 2. The Morgan fingerprint density at radius 1 is 1.29 bits per heavy atom. The van der Waals surface area contributed by atoms with E-state index in [0.29, 0.717) is 24.7 Å². The number of benzene rings is 1. The van der Waals surface area contributed by atoms with Gasteiger partial charge in [0, 0.05) is 25.2 Å². The molecule has 4 heterocycles. The van der Waals surface area contributed by atoms with Crippen molar-refractivity contribution in [3.05, 3.63) is 17.9 Å².